The molecule has 1 fully saturated rings. The number of morpholine rings is 1. The molecule has 1 aliphatic rings. The molecule has 1 aliphatic heterocycles. The van der Waals surface area contributed by atoms with Gasteiger partial charge in [-0.1, -0.05) is 13.0 Å². The predicted molar refractivity (Wildman–Crippen MR) is 84.1 cm³/mol. The van der Waals surface area contributed by atoms with Crippen LogP contribution in [0.2, 0.25) is 0 Å². The fourth-order valence-electron chi connectivity index (χ4n) is 2.66. The van der Waals surface area contributed by atoms with Gasteiger partial charge in [0, 0.05) is 25.7 Å². The highest BCUT2D eigenvalue weighted by Gasteiger charge is 2.26. The van der Waals surface area contributed by atoms with Gasteiger partial charge < -0.3 is 15.2 Å². The zero-order valence-electron chi connectivity index (χ0n) is 12.1. The number of ether oxygens (including phenoxy) is 2. The minimum absolute atomic E-state index is 0.232. The van der Waals surface area contributed by atoms with Crippen molar-refractivity contribution in [3.63, 3.8) is 0 Å². The summed E-state index contributed by atoms with van der Waals surface area (Å²) in [6.45, 7) is 5.43. The molecule has 1 saturated heterocycles. The van der Waals surface area contributed by atoms with Gasteiger partial charge in [-0.3, -0.25) is 4.90 Å². The summed E-state index contributed by atoms with van der Waals surface area (Å²) in [5, 5.41) is 0. The summed E-state index contributed by atoms with van der Waals surface area (Å²) >= 11 is 3.55. The molecule has 1 aromatic rings. The van der Waals surface area contributed by atoms with E-state index in [9.17, 15) is 0 Å². The van der Waals surface area contributed by atoms with Crippen LogP contribution in [0.15, 0.2) is 22.7 Å². The Bertz CT molecular complexity index is 442. The van der Waals surface area contributed by atoms with Crippen molar-refractivity contribution in [2.75, 3.05) is 33.4 Å². The van der Waals surface area contributed by atoms with Crippen LogP contribution in [0.25, 0.3) is 0 Å². The van der Waals surface area contributed by atoms with E-state index < -0.39 is 0 Å². The lowest BCUT2D eigenvalue weighted by Gasteiger charge is -2.38. The van der Waals surface area contributed by atoms with Crippen LogP contribution in [-0.4, -0.2) is 44.4 Å². The van der Waals surface area contributed by atoms with Crippen LogP contribution in [-0.2, 0) is 4.74 Å². The van der Waals surface area contributed by atoms with E-state index >= 15 is 0 Å². The maximum atomic E-state index is 6.01. The molecule has 2 unspecified atom stereocenters. The zero-order valence-corrected chi connectivity index (χ0v) is 13.7. The summed E-state index contributed by atoms with van der Waals surface area (Å²) in [5.41, 5.74) is 7.23. The van der Waals surface area contributed by atoms with Gasteiger partial charge in [-0.05, 0) is 40.0 Å². The smallest absolute Gasteiger partial charge is 0.133 e. The van der Waals surface area contributed by atoms with Crippen molar-refractivity contribution in [2.45, 2.75) is 25.5 Å². The molecule has 112 valence electrons. The van der Waals surface area contributed by atoms with E-state index in [2.05, 4.69) is 39.9 Å². The molecule has 4 nitrogen and oxygen atoms in total. The third-order valence-electron chi connectivity index (χ3n) is 3.85. The molecule has 5 heteroatoms. The largest absolute Gasteiger partial charge is 0.496 e. The second-order valence-corrected chi connectivity index (χ2v) is 5.90. The van der Waals surface area contributed by atoms with E-state index in [1.807, 2.05) is 6.07 Å². The molecule has 1 heterocycles. The standard InChI is InChI=1S/C15H23BrN2O2/c1-3-12-10-18(6-7-20-12)14(9-17)11-4-5-15(19-2)13(16)8-11/h4-5,8,12,14H,3,6-7,9-10,17H2,1-2H3. The Balaban J connectivity index is 2.16. The fourth-order valence-corrected chi connectivity index (χ4v) is 3.22. The number of methoxy groups -OCH3 is 1. The third kappa shape index (κ3) is 3.52. The molecular weight excluding hydrogens is 320 g/mol. The lowest BCUT2D eigenvalue weighted by molar-refractivity contribution is -0.0437. The first-order valence-electron chi connectivity index (χ1n) is 7.08. The Morgan fingerprint density at radius 3 is 2.95 bits per heavy atom. The highest BCUT2D eigenvalue weighted by atomic mass is 79.9. The molecular formula is C15H23BrN2O2. The first-order valence-corrected chi connectivity index (χ1v) is 7.88. The predicted octanol–water partition coefficient (Wildman–Crippen LogP) is 2.57. The van der Waals surface area contributed by atoms with Gasteiger partial charge in [0.1, 0.15) is 5.75 Å². The quantitative estimate of drug-likeness (QED) is 0.893. The Hall–Kier alpha value is -0.620. The molecule has 2 atom stereocenters. The first-order chi connectivity index (χ1) is 9.69. The van der Waals surface area contributed by atoms with Crippen LogP contribution < -0.4 is 10.5 Å². The number of nitrogens with two attached hydrogens (primary N) is 1. The van der Waals surface area contributed by atoms with E-state index in [0.717, 1.165) is 36.3 Å². The third-order valence-corrected chi connectivity index (χ3v) is 4.47. The van der Waals surface area contributed by atoms with E-state index in [0.29, 0.717) is 12.6 Å². The number of rotatable bonds is 5. The molecule has 0 radical (unpaired) electrons. The highest BCUT2D eigenvalue weighted by Crippen LogP contribution is 2.30. The Morgan fingerprint density at radius 2 is 2.35 bits per heavy atom. The van der Waals surface area contributed by atoms with Crippen molar-refractivity contribution < 1.29 is 9.47 Å². The zero-order chi connectivity index (χ0) is 14.5. The van der Waals surface area contributed by atoms with Crippen LogP contribution in [0.4, 0.5) is 0 Å². The number of nitrogens with zero attached hydrogens (tertiary/aromatic N) is 1. The molecule has 0 saturated carbocycles. The summed E-state index contributed by atoms with van der Waals surface area (Å²) in [5.74, 6) is 0.845. The van der Waals surface area contributed by atoms with Gasteiger partial charge in [0.25, 0.3) is 0 Å². The van der Waals surface area contributed by atoms with Crippen LogP contribution in [0.3, 0.4) is 0 Å². The maximum Gasteiger partial charge on any atom is 0.133 e. The highest BCUT2D eigenvalue weighted by molar-refractivity contribution is 9.10. The average molecular weight is 343 g/mol. The first kappa shape index (κ1) is 15.8. The van der Waals surface area contributed by atoms with E-state index in [1.165, 1.54) is 5.56 Å². The molecule has 20 heavy (non-hydrogen) atoms. The number of benzene rings is 1. The normalized spacial score (nSPS) is 21.7. The van der Waals surface area contributed by atoms with Gasteiger partial charge in [-0.15, -0.1) is 0 Å². The van der Waals surface area contributed by atoms with Crippen LogP contribution >= 0.6 is 15.9 Å². The Morgan fingerprint density at radius 1 is 1.55 bits per heavy atom. The molecule has 0 spiro atoms. The van der Waals surface area contributed by atoms with Crippen molar-refractivity contribution in [3.05, 3.63) is 28.2 Å². The van der Waals surface area contributed by atoms with E-state index in [-0.39, 0.29) is 6.04 Å². The molecule has 0 amide bonds. The molecule has 0 bridgehead atoms. The van der Waals surface area contributed by atoms with Gasteiger partial charge in [0.05, 0.1) is 24.3 Å². The van der Waals surface area contributed by atoms with Crippen LogP contribution in [0.1, 0.15) is 24.9 Å². The summed E-state index contributed by atoms with van der Waals surface area (Å²) in [4.78, 5) is 2.42. The van der Waals surface area contributed by atoms with Crippen LogP contribution in [0.5, 0.6) is 5.75 Å². The van der Waals surface area contributed by atoms with Crippen molar-refractivity contribution in [3.8, 4) is 5.75 Å². The number of halogens is 1. The average Bonchev–Trinajstić information content (AvgIpc) is 2.48. The van der Waals surface area contributed by atoms with Crippen molar-refractivity contribution in [1.82, 2.24) is 4.90 Å². The van der Waals surface area contributed by atoms with Gasteiger partial charge in [0.15, 0.2) is 0 Å². The fraction of sp³-hybridized carbons (Fsp3) is 0.600. The lowest BCUT2D eigenvalue weighted by atomic mass is 10.0. The van der Waals surface area contributed by atoms with Gasteiger partial charge >= 0.3 is 0 Å². The van der Waals surface area contributed by atoms with Crippen molar-refractivity contribution in [2.24, 2.45) is 5.73 Å². The molecule has 2 rings (SSSR count). The minimum Gasteiger partial charge on any atom is -0.496 e. The van der Waals surface area contributed by atoms with Gasteiger partial charge in [-0.25, -0.2) is 0 Å². The molecule has 0 aromatic heterocycles. The monoisotopic (exact) mass is 342 g/mol. The molecule has 2 N–H and O–H groups in total. The van der Waals surface area contributed by atoms with Gasteiger partial charge in [0.2, 0.25) is 0 Å². The Labute approximate surface area is 129 Å². The van der Waals surface area contributed by atoms with E-state index in [4.69, 9.17) is 15.2 Å². The molecule has 1 aromatic carbocycles. The Kier molecular flexibility index (Phi) is 5.84. The van der Waals surface area contributed by atoms with Crippen molar-refractivity contribution in [1.29, 1.82) is 0 Å². The second kappa shape index (κ2) is 7.41. The summed E-state index contributed by atoms with van der Waals surface area (Å²) in [6, 6.07) is 6.42. The topological polar surface area (TPSA) is 47.7 Å². The second-order valence-electron chi connectivity index (χ2n) is 5.04. The van der Waals surface area contributed by atoms with Crippen LogP contribution in [0, 0.1) is 0 Å². The minimum atomic E-state index is 0.232. The molecule has 0 aliphatic carbocycles. The number of hydrogen-bond acceptors (Lipinski definition) is 4. The maximum absolute atomic E-state index is 6.01. The van der Waals surface area contributed by atoms with E-state index in [1.54, 1.807) is 7.11 Å². The van der Waals surface area contributed by atoms with Crippen molar-refractivity contribution >= 4 is 15.9 Å². The summed E-state index contributed by atoms with van der Waals surface area (Å²) < 4.78 is 12.0. The number of hydrogen-bond donors (Lipinski definition) is 1. The SMILES string of the molecule is CCC1CN(C(CN)c2ccc(OC)c(Br)c2)CCO1. The lowest BCUT2D eigenvalue weighted by Crippen LogP contribution is -2.46. The summed E-state index contributed by atoms with van der Waals surface area (Å²) in [6.07, 6.45) is 1.36. The summed E-state index contributed by atoms with van der Waals surface area (Å²) in [7, 11) is 1.67. The van der Waals surface area contributed by atoms with Gasteiger partial charge in [-0.2, -0.15) is 0 Å².